The number of hydrogen-bond donors (Lipinski definition) is 2. The van der Waals surface area contributed by atoms with E-state index in [0.29, 0.717) is 49.3 Å². The minimum atomic E-state index is -1.05. The molecule has 0 saturated carbocycles. The highest BCUT2D eigenvalue weighted by atomic mass is 16.7. The summed E-state index contributed by atoms with van der Waals surface area (Å²) in [4.78, 5) is 38.4. The van der Waals surface area contributed by atoms with Gasteiger partial charge in [-0.25, -0.2) is 4.79 Å². The van der Waals surface area contributed by atoms with E-state index in [4.69, 9.17) is 9.47 Å². The number of aliphatic carboxylic acids is 1. The summed E-state index contributed by atoms with van der Waals surface area (Å²) in [5.41, 5.74) is 0.416. The maximum absolute atomic E-state index is 12.9. The third-order valence-electron chi connectivity index (χ3n) is 4.90. The molecule has 8 heteroatoms. The molecule has 0 aliphatic carbocycles. The number of carboxylic acids is 1. The zero-order chi connectivity index (χ0) is 19.4. The Kier molecular flexibility index (Phi) is 5.83. The van der Waals surface area contributed by atoms with Gasteiger partial charge in [-0.3, -0.25) is 9.59 Å². The van der Waals surface area contributed by atoms with Crippen LogP contribution in [0.1, 0.15) is 49.4 Å². The van der Waals surface area contributed by atoms with Crippen LogP contribution in [0.25, 0.3) is 0 Å². The molecule has 0 bridgehead atoms. The molecule has 2 aliphatic rings. The van der Waals surface area contributed by atoms with Crippen LogP contribution in [0.15, 0.2) is 18.2 Å². The molecule has 2 aliphatic heterocycles. The lowest BCUT2D eigenvalue weighted by atomic mass is 10.1. The fraction of sp³-hybridized carbons (Fsp3) is 0.526. The number of ether oxygens (including phenoxy) is 2. The Balaban J connectivity index is 1.69. The van der Waals surface area contributed by atoms with E-state index in [9.17, 15) is 19.5 Å². The van der Waals surface area contributed by atoms with E-state index in [0.717, 1.165) is 6.42 Å². The molecule has 2 heterocycles. The highest BCUT2D eigenvalue weighted by molar-refractivity contribution is 5.99. The van der Waals surface area contributed by atoms with Gasteiger partial charge in [0.1, 0.15) is 12.1 Å². The van der Waals surface area contributed by atoms with Gasteiger partial charge in [-0.1, -0.05) is 19.8 Å². The molecule has 1 saturated heterocycles. The molecule has 27 heavy (non-hydrogen) atoms. The van der Waals surface area contributed by atoms with Crippen molar-refractivity contribution < 1.29 is 29.0 Å². The molecule has 2 amide bonds. The average Bonchev–Trinajstić information content (AvgIpc) is 3.32. The normalized spacial score (nSPS) is 19.0. The topological polar surface area (TPSA) is 105 Å². The van der Waals surface area contributed by atoms with Gasteiger partial charge in [-0.05, 0) is 37.5 Å². The zero-order valence-electron chi connectivity index (χ0n) is 15.3. The molecular weight excluding hydrogens is 352 g/mol. The number of hydrogen-bond acceptors (Lipinski definition) is 5. The number of nitrogens with one attached hydrogen (secondary N) is 1. The Morgan fingerprint density at radius 1 is 1.30 bits per heavy atom. The molecule has 146 valence electrons. The molecule has 0 aromatic heterocycles. The molecule has 2 N–H and O–H groups in total. The van der Waals surface area contributed by atoms with E-state index in [2.05, 4.69) is 5.32 Å². The molecule has 1 fully saturated rings. The minimum Gasteiger partial charge on any atom is -0.480 e. The number of carbonyl (C=O) groups is 3. The van der Waals surface area contributed by atoms with Crippen molar-refractivity contribution in [2.45, 2.75) is 51.1 Å². The van der Waals surface area contributed by atoms with E-state index in [1.165, 1.54) is 4.90 Å². The SMILES string of the molecule is CCCCC(NC(=O)C1CCCN1C(=O)c1ccc2c(c1)OCO2)C(=O)O. The maximum Gasteiger partial charge on any atom is 0.326 e. The number of rotatable bonds is 7. The van der Waals surface area contributed by atoms with Crippen molar-refractivity contribution in [3.8, 4) is 11.5 Å². The first-order valence-electron chi connectivity index (χ1n) is 9.25. The van der Waals surface area contributed by atoms with Crippen molar-refractivity contribution in [1.29, 1.82) is 0 Å². The van der Waals surface area contributed by atoms with Gasteiger partial charge in [0.05, 0.1) is 0 Å². The Morgan fingerprint density at radius 2 is 2.07 bits per heavy atom. The predicted molar refractivity (Wildman–Crippen MR) is 95.7 cm³/mol. The Hall–Kier alpha value is -2.77. The van der Waals surface area contributed by atoms with Crippen LogP contribution in [0.5, 0.6) is 11.5 Å². The molecule has 0 radical (unpaired) electrons. The molecule has 2 atom stereocenters. The first-order chi connectivity index (χ1) is 13.0. The first kappa shape index (κ1) is 19.0. The predicted octanol–water partition coefficient (Wildman–Crippen LogP) is 1.78. The first-order valence-corrected chi connectivity index (χ1v) is 9.25. The fourth-order valence-corrected chi connectivity index (χ4v) is 3.41. The molecule has 1 aromatic rings. The van der Waals surface area contributed by atoms with Gasteiger partial charge in [-0.2, -0.15) is 0 Å². The van der Waals surface area contributed by atoms with Gasteiger partial charge in [0.2, 0.25) is 12.7 Å². The summed E-state index contributed by atoms with van der Waals surface area (Å²) >= 11 is 0. The highest BCUT2D eigenvalue weighted by Gasteiger charge is 2.36. The Labute approximate surface area is 157 Å². The molecular formula is C19H24N2O6. The minimum absolute atomic E-state index is 0.121. The summed E-state index contributed by atoms with van der Waals surface area (Å²) in [6.07, 6.45) is 3.14. The van der Waals surface area contributed by atoms with E-state index < -0.39 is 24.0 Å². The van der Waals surface area contributed by atoms with Crippen molar-refractivity contribution in [3.63, 3.8) is 0 Å². The summed E-state index contributed by atoms with van der Waals surface area (Å²) in [5, 5.41) is 11.9. The Morgan fingerprint density at radius 3 is 2.81 bits per heavy atom. The number of carboxylic acid groups (broad SMARTS) is 1. The number of benzene rings is 1. The summed E-state index contributed by atoms with van der Waals surface area (Å²) in [5.74, 6) is -0.644. The summed E-state index contributed by atoms with van der Waals surface area (Å²) in [6.45, 7) is 2.54. The van der Waals surface area contributed by atoms with Gasteiger partial charge in [0.25, 0.3) is 5.91 Å². The maximum atomic E-state index is 12.9. The average molecular weight is 376 g/mol. The van der Waals surface area contributed by atoms with E-state index in [1.807, 2.05) is 6.92 Å². The van der Waals surface area contributed by atoms with E-state index >= 15 is 0 Å². The second-order valence-electron chi connectivity index (χ2n) is 6.77. The molecule has 1 aromatic carbocycles. The van der Waals surface area contributed by atoms with E-state index in [-0.39, 0.29) is 12.7 Å². The molecule has 0 spiro atoms. The van der Waals surface area contributed by atoms with Crippen molar-refractivity contribution in [2.75, 3.05) is 13.3 Å². The summed E-state index contributed by atoms with van der Waals surface area (Å²) < 4.78 is 10.6. The number of fused-ring (bicyclic) bond motifs is 1. The van der Waals surface area contributed by atoms with Crippen LogP contribution >= 0.6 is 0 Å². The number of carbonyl (C=O) groups excluding carboxylic acids is 2. The number of amides is 2. The fourth-order valence-electron chi connectivity index (χ4n) is 3.41. The standard InChI is InChI=1S/C19H24N2O6/c1-2-3-5-13(19(24)25)20-17(22)14-6-4-9-21(14)18(23)12-7-8-15-16(10-12)27-11-26-15/h7-8,10,13-14H,2-6,9,11H2,1H3,(H,20,22)(H,24,25). The van der Waals surface area contributed by atoms with Crippen molar-refractivity contribution in [2.24, 2.45) is 0 Å². The second kappa shape index (κ2) is 8.28. The van der Waals surface area contributed by atoms with Gasteiger partial charge in [-0.15, -0.1) is 0 Å². The van der Waals surface area contributed by atoms with Crippen LogP contribution in [0, 0.1) is 0 Å². The van der Waals surface area contributed by atoms with Crippen LogP contribution in [0.2, 0.25) is 0 Å². The lowest BCUT2D eigenvalue weighted by molar-refractivity contribution is -0.142. The van der Waals surface area contributed by atoms with Crippen molar-refractivity contribution in [3.05, 3.63) is 23.8 Å². The largest absolute Gasteiger partial charge is 0.480 e. The zero-order valence-corrected chi connectivity index (χ0v) is 15.3. The van der Waals surface area contributed by atoms with Crippen LogP contribution in [0.3, 0.4) is 0 Å². The molecule has 2 unspecified atom stereocenters. The quantitative estimate of drug-likeness (QED) is 0.752. The summed E-state index contributed by atoms with van der Waals surface area (Å²) in [7, 11) is 0. The lowest BCUT2D eigenvalue weighted by Crippen LogP contribution is -2.50. The van der Waals surface area contributed by atoms with Crippen LogP contribution in [-0.2, 0) is 9.59 Å². The van der Waals surface area contributed by atoms with Crippen LogP contribution < -0.4 is 14.8 Å². The number of unbranched alkanes of at least 4 members (excludes halogenated alkanes) is 1. The molecule has 3 rings (SSSR count). The van der Waals surface area contributed by atoms with Crippen LogP contribution in [-0.4, -0.2) is 53.2 Å². The van der Waals surface area contributed by atoms with Crippen molar-refractivity contribution >= 4 is 17.8 Å². The monoisotopic (exact) mass is 376 g/mol. The smallest absolute Gasteiger partial charge is 0.326 e. The van der Waals surface area contributed by atoms with Gasteiger partial charge in [0.15, 0.2) is 11.5 Å². The van der Waals surface area contributed by atoms with Gasteiger partial charge in [0, 0.05) is 12.1 Å². The molecule has 8 nitrogen and oxygen atoms in total. The Bertz CT molecular complexity index is 735. The second-order valence-corrected chi connectivity index (χ2v) is 6.77. The third kappa shape index (κ3) is 4.15. The highest BCUT2D eigenvalue weighted by Crippen LogP contribution is 2.33. The summed E-state index contributed by atoms with van der Waals surface area (Å²) in [6, 6.07) is 3.34. The van der Waals surface area contributed by atoms with Crippen molar-refractivity contribution in [1.82, 2.24) is 10.2 Å². The third-order valence-corrected chi connectivity index (χ3v) is 4.90. The number of likely N-dealkylation sites (tertiary alicyclic amines) is 1. The number of nitrogens with zero attached hydrogens (tertiary/aromatic N) is 1. The van der Waals surface area contributed by atoms with Gasteiger partial charge < -0.3 is 24.8 Å². The van der Waals surface area contributed by atoms with E-state index in [1.54, 1.807) is 18.2 Å². The van der Waals surface area contributed by atoms with Gasteiger partial charge >= 0.3 is 5.97 Å². The van der Waals surface area contributed by atoms with Crippen LogP contribution in [0.4, 0.5) is 0 Å². The lowest BCUT2D eigenvalue weighted by Gasteiger charge is -2.25.